The van der Waals surface area contributed by atoms with Gasteiger partial charge in [-0.05, 0) is 29.8 Å². The van der Waals surface area contributed by atoms with Gasteiger partial charge in [0.2, 0.25) is 0 Å². The molecule has 0 fully saturated rings. The van der Waals surface area contributed by atoms with Gasteiger partial charge in [0.15, 0.2) is 0 Å². The zero-order chi connectivity index (χ0) is 15.1. The minimum Gasteiger partial charge on any atom is -0.384 e. The maximum Gasteiger partial charge on any atom is 0.416 e. The van der Waals surface area contributed by atoms with Crippen molar-refractivity contribution in [2.24, 2.45) is 0 Å². The van der Waals surface area contributed by atoms with Crippen LogP contribution in [0.1, 0.15) is 11.1 Å². The smallest absolute Gasteiger partial charge is 0.384 e. The van der Waals surface area contributed by atoms with Crippen LogP contribution in [0.15, 0.2) is 54.6 Å². The SMILES string of the molecule is FC(F)(F)c1ccc(NCCNCc2ccccc2)cc1. The number of alkyl halides is 3. The molecule has 2 nitrogen and oxygen atoms in total. The van der Waals surface area contributed by atoms with Gasteiger partial charge < -0.3 is 10.6 Å². The molecule has 0 bridgehead atoms. The highest BCUT2D eigenvalue weighted by molar-refractivity contribution is 5.45. The Labute approximate surface area is 122 Å². The van der Waals surface area contributed by atoms with Crippen molar-refractivity contribution < 1.29 is 13.2 Å². The van der Waals surface area contributed by atoms with Crippen LogP contribution < -0.4 is 10.6 Å². The first kappa shape index (κ1) is 15.4. The third-order valence-electron chi connectivity index (χ3n) is 3.02. The van der Waals surface area contributed by atoms with Crippen LogP contribution in [0.4, 0.5) is 18.9 Å². The maximum atomic E-state index is 12.4. The molecule has 2 aromatic rings. The van der Waals surface area contributed by atoms with E-state index in [1.54, 1.807) is 0 Å². The first-order valence-electron chi connectivity index (χ1n) is 6.71. The minimum atomic E-state index is -4.28. The summed E-state index contributed by atoms with van der Waals surface area (Å²) in [6, 6.07) is 15.1. The van der Waals surface area contributed by atoms with Gasteiger partial charge in [0.25, 0.3) is 0 Å². The van der Waals surface area contributed by atoms with Gasteiger partial charge in [-0.25, -0.2) is 0 Å². The highest BCUT2D eigenvalue weighted by Gasteiger charge is 2.29. The molecular weight excluding hydrogens is 277 g/mol. The molecule has 2 aromatic carbocycles. The lowest BCUT2D eigenvalue weighted by Gasteiger charge is -2.10. The summed E-state index contributed by atoms with van der Waals surface area (Å²) in [7, 11) is 0. The molecule has 0 radical (unpaired) electrons. The minimum absolute atomic E-state index is 0.629. The van der Waals surface area contributed by atoms with Crippen molar-refractivity contribution >= 4 is 5.69 Å². The topological polar surface area (TPSA) is 24.1 Å². The monoisotopic (exact) mass is 294 g/mol. The lowest BCUT2D eigenvalue weighted by molar-refractivity contribution is -0.137. The third-order valence-corrected chi connectivity index (χ3v) is 3.02. The molecule has 0 aliphatic heterocycles. The number of hydrogen-bond acceptors (Lipinski definition) is 2. The van der Waals surface area contributed by atoms with Gasteiger partial charge >= 0.3 is 6.18 Å². The van der Waals surface area contributed by atoms with Gasteiger partial charge in [0.05, 0.1) is 5.56 Å². The van der Waals surface area contributed by atoms with Crippen LogP contribution >= 0.6 is 0 Å². The summed E-state index contributed by atoms with van der Waals surface area (Å²) in [5.41, 5.74) is 1.26. The van der Waals surface area contributed by atoms with E-state index < -0.39 is 11.7 Å². The standard InChI is InChI=1S/C16H17F3N2/c17-16(18,19)14-6-8-15(9-7-14)21-11-10-20-12-13-4-2-1-3-5-13/h1-9,20-21H,10-12H2. The van der Waals surface area contributed by atoms with Gasteiger partial charge in [-0.1, -0.05) is 30.3 Å². The number of hydrogen-bond donors (Lipinski definition) is 2. The molecule has 2 rings (SSSR count). The normalized spacial score (nSPS) is 11.4. The van der Waals surface area contributed by atoms with Gasteiger partial charge in [0.1, 0.15) is 0 Å². The van der Waals surface area contributed by atoms with E-state index in [0.717, 1.165) is 25.2 Å². The Morgan fingerprint density at radius 2 is 1.48 bits per heavy atom. The molecule has 2 N–H and O–H groups in total. The largest absolute Gasteiger partial charge is 0.416 e. The zero-order valence-electron chi connectivity index (χ0n) is 11.5. The third kappa shape index (κ3) is 5.11. The summed E-state index contributed by atoms with van der Waals surface area (Å²) in [6.07, 6.45) is -4.28. The van der Waals surface area contributed by atoms with Crippen molar-refractivity contribution in [3.05, 3.63) is 65.7 Å². The van der Waals surface area contributed by atoms with E-state index >= 15 is 0 Å². The second-order valence-electron chi connectivity index (χ2n) is 4.66. The Kier molecular flexibility index (Phi) is 5.22. The molecule has 0 aliphatic carbocycles. The average Bonchev–Trinajstić information content (AvgIpc) is 2.47. The highest BCUT2D eigenvalue weighted by atomic mass is 19.4. The molecule has 112 valence electrons. The number of rotatable bonds is 6. The molecule has 5 heteroatoms. The Bertz CT molecular complexity index is 536. The van der Waals surface area contributed by atoms with Gasteiger partial charge in [0, 0.05) is 25.3 Å². The van der Waals surface area contributed by atoms with Gasteiger partial charge in [-0.2, -0.15) is 13.2 Å². The van der Waals surface area contributed by atoms with Crippen LogP contribution in [-0.2, 0) is 12.7 Å². The molecule has 0 spiro atoms. The summed E-state index contributed by atoms with van der Waals surface area (Å²) in [5.74, 6) is 0. The second kappa shape index (κ2) is 7.13. The fourth-order valence-electron chi connectivity index (χ4n) is 1.90. The Balaban J connectivity index is 1.69. The predicted octanol–water partition coefficient (Wildman–Crippen LogP) is 3.91. The molecule has 0 amide bonds. The highest BCUT2D eigenvalue weighted by Crippen LogP contribution is 2.29. The number of halogens is 3. The summed E-state index contributed by atoms with van der Waals surface area (Å²) < 4.78 is 37.2. The molecule has 21 heavy (non-hydrogen) atoms. The van der Waals surface area contributed by atoms with E-state index in [1.807, 2.05) is 30.3 Å². The molecule has 0 saturated heterocycles. The van der Waals surface area contributed by atoms with Crippen molar-refractivity contribution in [2.75, 3.05) is 18.4 Å². The first-order chi connectivity index (χ1) is 10.1. The molecule has 0 atom stereocenters. The van der Waals surface area contributed by atoms with Gasteiger partial charge in [-0.15, -0.1) is 0 Å². The van der Waals surface area contributed by atoms with E-state index in [1.165, 1.54) is 17.7 Å². The molecule has 0 unspecified atom stereocenters. The zero-order valence-corrected chi connectivity index (χ0v) is 11.5. The van der Waals surface area contributed by atoms with Crippen molar-refractivity contribution in [3.8, 4) is 0 Å². The quantitative estimate of drug-likeness (QED) is 0.789. The molecule has 0 aliphatic rings. The van der Waals surface area contributed by atoms with E-state index in [4.69, 9.17) is 0 Å². The van der Waals surface area contributed by atoms with E-state index in [9.17, 15) is 13.2 Å². The van der Waals surface area contributed by atoms with Crippen LogP contribution in [0.3, 0.4) is 0 Å². The molecule has 0 heterocycles. The van der Waals surface area contributed by atoms with E-state index in [-0.39, 0.29) is 0 Å². The van der Waals surface area contributed by atoms with E-state index in [2.05, 4.69) is 10.6 Å². The van der Waals surface area contributed by atoms with Crippen LogP contribution in [-0.4, -0.2) is 13.1 Å². The average molecular weight is 294 g/mol. The van der Waals surface area contributed by atoms with Crippen molar-refractivity contribution in [3.63, 3.8) is 0 Å². The summed E-state index contributed by atoms with van der Waals surface area (Å²) >= 11 is 0. The maximum absolute atomic E-state index is 12.4. The lowest BCUT2D eigenvalue weighted by atomic mass is 10.2. The lowest BCUT2D eigenvalue weighted by Crippen LogP contribution is -2.21. The van der Waals surface area contributed by atoms with Crippen molar-refractivity contribution in [1.29, 1.82) is 0 Å². The first-order valence-corrected chi connectivity index (χ1v) is 6.71. The molecule has 0 saturated carbocycles. The van der Waals surface area contributed by atoms with Crippen LogP contribution in [0.5, 0.6) is 0 Å². The Morgan fingerprint density at radius 1 is 0.810 bits per heavy atom. The summed E-state index contributed by atoms with van der Waals surface area (Å²) in [4.78, 5) is 0. The summed E-state index contributed by atoms with van der Waals surface area (Å²) in [6.45, 7) is 2.16. The fraction of sp³-hybridized carbons (Fsp3) is 0.250. The number of nitrogens with one attached hydrogen (secondary N) is 2. The second-order valence-corrected chi connectivity index (χ2v) is 4.66. The van der Waals surface area contributed by atoms with Crippen LogP contribution in [0, 0.1) is 0 Å². The summed E-state index contributed by atoms with van der Waals surface area (Å²) in [5, 5.41) is 6.34. The number of benzene rings is 2. The van der Waals surface area contributed by atoms with Crippen LogP contribution in [0.2, 0.25) is 0 Å². The van der Waals surface area contributed by atoms with Gasteiger partial charge in [-0.3, -0.25) is 0 Å². The fourth-order valence-corrected chi connectivity index (χ4v) is 1.90. The molecular formula is C16H17F3N2. The Morgan fingerprint density at radius 3 is 2.10 bits per heavy atom. The van der Waals surface area contributed by atoms with Crippen molar-refractivity contribution in [1.82, 2.24) is 5.32 Å². The number of anilines is 1. The molecule has 0 aromatic heterocycles. The van der Waals surface area contributed by atoms with E-state index in [0.29, 0.717) is 12.2 Å². The predicted molar refractivity (Wildman–Crippen MR) is 78.1 cm³/mol. The Hall–Kier alpha value is -2.01. The van der Waals surface area contributed by atoms with Crippen molar-refractivity contribution in [2.45, 2.75) is 12.7 Å². The van der Waals surface area contributed by atoms with Crippen LogP contribution in [0.25, 0.3) is 0 Å².